The van der Waals surface area contributed by atoms with Crippen LogP contribution in [0.3, 0.4) is 0 Å². The van der Waals surface area contributed by atoms with Crippen molar-refractivity contribution in [2.24, 2.45) is 0 Å². The Morgan fingerprint density at radius 3 is 2.48 bits per heavy atom. The number of hydrogen-bond acceptors (Lipinski definition) is 4. The van der Waals surface area contributed by atoms with E-state index in [-0.39, 0.29) is 16.6 Å². The minimum Gasteiger partial charge on any atom is -0.301 e. The molecule has 0 aromatic heterocycles. The summed E-state index contributed by atoms with van der Waals surface area (Å²) in [5.74, 6) is -0.423. The number of fused-ring (bicyclic) bond motifs is 1. The van der Waals surface area contributed by atoms with E-state index >= 15 is 0 Å². The lowest BCUT2D eigenvalue weighted by molar-refractivity contribution is -0.118. The fourth-order valence-electron chi connectivity index (χ4n) is 2.10. The smallest absolute Gasteiger partial charge is 0.266 e. The highest BCUT2D eigenvalue weighted by atomic mass is 79.9. The molecule has 1 N–H and O–H groups in total. The number of carbonyl (C=O) groups excluding carboxylic acids is 1. The monoisotopic (exact) mass is 384 g/mol. The predicted molar refractivity (Wildman–Crippen MR) is 86.3 cm³/mol. The standard InChI is InChI=1S/C13H9BrN2O3S2/c14-10-3-1-9-6-11(4-2-8(9)5-10)21(18,19)16-7-12(17)15-13(16)20/h1-6H,7H2,(H,15,17,20). The van der Waals surface area contributed by atoms with Gasteiger partial charge in [0, 0.05) is 4.47 Å². The van der Waals surface area contributed by atoms with Crippen LogP contribution in [-0.2, 0) is 14.8 Å². The summed E-state index contributed by atoms with van der Waals surface area (Å²) in [4.78, 5) is 11.4. The number of amides is 1. The van der Waals surface area contributed by atoms with Crippen LogP contribution in [0.4, 0.5) is 0 Å². The van der Waals surface area contributed by atoms with E-state index in [2.05, 4.69) is 21.2 Å². The quantitative estimate of drug-likeness (QED) is 0.804. The number of carbonyl (C=O) groups is 1. The Balaban J connectivity index is 2.09. The molecule has 21 heavy (non-hydrogen) atoms. The first-order chi connectivity index (χ1) is 9.88. The van der Waals surface area contributed by atoms with Gasteiger partial charge in [0.05, 0.1) is 4.90 Å². The van der Waals surface area contributed by atoms with Gasteiger partial charge in [0.15, 0.2) is 5.11 Å². The number of halogens is 1. The van der Waals surface area contributed by atoms with Gasteiger partial charge in [-0.3, -0.25) is 4.79 Å². The molecule has 1 heterocycles. The Bertz CT molecular complexity index is 880. The first-order valence-electron chi connectivity index (χ1n) is 5.94. The third-order valence-electron chi connectivity index (χ3n) is 3.12. The van der Waals surface area contributed by atoms with Gasteiger partial charge in [-0.15, -0.1) is 0 Å². The van der Waals surface area contributed by atoms with E-state index in [1.165, 1.54) is 6.07 Å². The molecule has 2 aromatic rings. The van der Waals surface area contributed by atoms with Crippen LogP contribution in [0.5, 0.6) is 0 Å². The molecule has 1 aliphatic heterocycles. The van der Waals surface area contributed by atoms with E-state index in [9.17, 15) is 13.2 Å². The lowest BCUT2D eigenvalue weighted by atomic mass is 10.1. The fourth-order valence-corrected chi connectivity index (χ4v) is 4.27. The van der Waals surface area contributed by atoms with Gasteiger partial charge in [0.25, 0.3) is 10.0 Å². The zero-order valence-corrected chi connectivity index (χ0v) is 13.8. The van der Waals surface area contributed by atoms with Crippen LogP contribution in [0.2, 0.25) is 0 Å². The van der Waals surface area contributed by atoms with Crippen molar-refractivity contribution in [3.05, 3.63) is 40.9 Å². The Kier molecular flexibility index (Phi) is 3.46. The van der Waals surface area contributed by atoms with Crippen LogP contribution in [0.1, 0.15) is 0 Å². The highest BCUT2D eigenvalue weighted by molar-refractivity contribution is 9.10. The van der Waals surface area contributed by atoms with E-state index in [4.69, 9.17) is 12.2 Å². The van der Waals surface area contributed by atoms with E-state index < -0.39 is 15.9 Å². The van der Waals surface area contributed by atoms with E-state index in [1.807, 2.05) is 18.2 Å². The third kappa shape index (κ3) is 2.54. The van der Waals surface area contributed by atoms with Crippen LogP contribution in [0.25, 0.3) is 10.8 Å². The molecule has 8 heteroatoms. The van der Waals surface area contributed by atoms with Gasteiger partial charge < -0.3 is 5.32 Å². The summed E-state index contributed by atoms with van der Waals surface area (Å²) in [6, 6.07) is 10.4. The number of nitrogens with zero attached hydrogens (tertiary/aromatic N) is 1. The molecule has 2 aromatic carbocycles. The molecule has 108 valence electrons. The number of benzene rings is 2. The van der Waals surface area contributed by atoms with E-state index in [0.717, 1.165) is 19.6 Å². The molecule has 0 unspecified atom stereocenters. The predicted octanol–water partition coefficient (Wildman–Crippen LogP) is 2.01. The van der Waals surface area contributed by atoms with Gasteiger partial charge >= 0.3 is 0 Å². The van der Waals surface area contributed by atoms with Crippen molar-refractivity contribution < 1.29 is 13.2 Å². The van der Waals surface area contributed by atoms with Crippen molar-refractivity contribution in [2.75, 3.05) is 6.54 Å². The molecule has 5 nitrogen and oxygen atoms in total. The molecule has 1 saturated heterocycles. The van der Waals surface area contributed by atoms with Crippen molar-refractivity contribution in [3.8, 4) is 0 Å². The molecule has 1 fully saturated rings. The molecular weight excluding hydrogens is 376 g/mol. The van der Waals surface area contributed by atoms with E-state index in [0.29, 0.717) is 0 Å². The summed E-state index contributed by atoms with van der Waals surface area (Å²) in [5.41, 5.74) is 0. The molecule has 0 aliphatic carbocycles. The van der Waals surface area contributed by atoms with Crippen molar-refractivity contribution in [1.29, 1.82) is 0 Å². The van der Waals surface area contributed by atoms with Crippen LogP contribution in [0.15, 0.2) is 45.8 Å². The van der Waals surface area contributed by atoms with Gasteiger partial charge in [0.1, 0.15) is 6.54 Å². The lowest BCUT2D eigenvalue weighted by Gasteiger charge is -2.16. The van der Waals surface area contributed by atoms with Crippen molar-refractivity contribution >= 4 is 60.0 Å². The number of rotatable bonds is 2. The second-order valence-electron chi connectivity index (χ2n) is 4.52. The van der Waals surface area contributed by atoms with Crippen LogP contribution < -0.4 is 5.32 Å². The highest BCUT2D eigenvalue weighted by Crippen LogP contribution is 2.25. The molecule has 0 bridgehead atoms. The second-order valence-corrected chi connectivity index (χ2v) is 7.68. The third-order valence-corrected chi connectivity index (χ3v) is 5.79. The largest absolute Gasteiger partial charge is 0.301 e. The topological polar surface area (TPSA) is 66.5 Å². The number of hydrogen-bond donors (Lipinski definition) is 1. The van der Waals surface area contributed by atoms with Gasteiger partial charge in [-0.1, -0.05) is 28.1 Å². The van der Waals surface area contributed by atoms with Gasteiger partial charge in [0.2, 0.25) is 5.91 Å². The Morgan fingerprint density at radius 1 is 1.14 bits per heavy atom. The summed E-state index contributed by atoms with van der Waals surface area (Å²) in [6.45, 7) is -0.278. The zero-order chi connectivity index (χ0) is 15.2. The first kappa shape index (κ1) is 14.4. The Hall–Kier alpha value is -1.51. The zero-order valence-electron chi connectivity index (χ0n) is 10.5. The molecule has 1 amide bonds. The van der Waals surface area contributed by atoms with Gasteiger partial charge in [-0.05, 0) is 47.3 Å². The minimum atomic E-state index is -3.83. The van der Waals surface area contributed by atoms with E-state index in [1.54, 1.807) is 12.1 Å². The average Bonchev–Trinajstić information content (AvgIpc) is 2.77. The molecular formula is C13H9BrN2O3S2. The van der Waals surface area contributed by atoms with Crippen LogP contribution in [-0.4, -0.2) is 30.3 Å². The van der Waals surface area contributed by atoms with Crippen LogP contribution >= 0.6 is 28.1 Å². The van der Waals surface area contributed by atoms with Crippen LogP contribution in [0, 0.1) is 0 Å². The average molecular weight is 385 g/mol. The van der Waals surface area contributed by atoms with Crippen molar-refractivity contribution in [2.45, 2.75) is 4.90 Å². The Labute approximate surface area is 135 Å². The summed E-state index contributed by atoms with van der Waals surface area (Å²) in [5, 5.41) is 3.95. The maximum Gasteiger partial charge on any atom is 0.266 e. The molecule has 0 spiro atoms. The first-order valence-corrected chi connectivity index (χ1v) is 8.58. The molecule has 0 saturated carbocycles. The summed E-state index contributed by atoms with van der Waals surface area (Å²) in [6.07, 6.45) is 0. The lowest BCUT2D eigenvalue weighted by Crippen LogP contribution is -2.34. The molecule has 1 aliphatic rings. The normalized spacial score (nSPS) is 15.6. The van der Waals surface area contributed by atoms with Crippen molar-refractivity contribution in [3.63, 3.8) is 0 Å². The highest BCUT2D eigenvalue weighted by Gasteiger charge is 2.34. The molecule has 3 rings (SSSR count). The van der Waals surface area contributed by atoms with Gasteiger partial charge in [-0.2, -0.15) is 0 Å². The minimum absolute atomic E-state index is 0.0871. The summed E-state index contributed by atoms with van der Waals surface area (Å²) >= 11 is 8.26. The maximum atomic E-state index is 12.5. The second kappa shape index (κ2) is 5.04. The fraction of sp³-hybridized carbons (Fsp3) is 0.0769. The number of nitrogens with one attached hydrogen (secondary N) is 1. The Morgan fingerprint density at radius 2 is 1.81 bits per heavy atom. The van der Waals surface area contributed by atoms with Crippen molar-refractivity contribution in [1.82, 2.24) is 9.62 Å². The number of thiocarbonyl (C=S) groups is 1. The molecule has 0 atom stereocenters. The number of sulfonamides is 1. The molecule has 0 radical (unpaired) electrons. The van der Waals surface area contributed by atoms with Gasteiger partial charge in [-0.25, -0.2) is 12.7 Å². The maximum absolute atomic E-state index is 12.5. The SMILES string of the molecule is O=C1CN(S(=O)(=O)c2ccc3cc(Br)ccc3c2)C(=S)N1. The summed E-state index contributed by atoms with van der Waals surface area (Å²) in [7, 11) is -3.83. The summed E-state index contributed by atoms with van der Waals surface area (Å²) < 4.78 is 26.9.